The van der Waals surface area contributed by atoms with Gasteiger partial charge in [-0.2, -0.15) is 5.10 Å². The van der Waals surface area contributed by atoms with Gasteiger partial charge in [-0.25, -0.2) is 14.4 Å². The summed E-state index contributed by atoms with van der Waals surface area (Å²) in [6, 6.07) is 10.4. The first-order valence-electron chi connectivity index (χ1n) is 15.1. The molecule has 1 fully saturated rings. The zero-order chi connectivity index (χ0) is 29.7. The minimum absolute atomic E-state index is 0.229. The lowest BCUT2D eigenvalue weighted by molar-refractivity contribution is -0.118. The van der Waals surface area contributed by atoms with E-state index < -0.39 is 12.2 Å². The predicted octanol–water partition coefficient (Wildman–Crippen LogP) is 6.29. The van der Waals surface area contributed by atoms with Gasteiger partial charge in [-0.1, -0.05) is 37.3 Å². The molecule has 0 spiro atoms. The Bertz CT molecular complexity index is 1770. The van der Waals surface area contributed by atoms with E-state index in [0.29, 0.717) is 16.7 Å². The number of hydrogen-bond acceptors (Lipinski definition) is 6. The first-order chi connectivity index (χ1) is 20.9. The largest absolute Gasteiger partial charge is 0.331 e. The first kappa shape index (κ1) is 27.9. The van der Waals surface area contributed by atoms with Crippen molar-refractivity contribution in [3.05, 3.63) is 82.5 Å². The number of nitrogens with zero attached hydrogens (tertiary/aromatic N) is 6. The third kappa shape index (κ3) is 5.16. The average molecular weight is 598 g/mol. The maximum absolute atomic E-state index is 14.4. The topological polar surface area (TPSA) is 80.9 Å². The molecular weight excluding hydrogens is 561 g/mol. The summed E-state index contributed by atoms with van der Waals surface area (Å²) in [5.41, 5.74) is 7.95. The molecule has 222 valence electrons. The first-order valence-corrected chi connectivity index (χ1v) is 16.0. The van der Waals surface area contributed by atoms with E-state index in [1.165, 1.54) is 42.8 Å². The molecule has 1 N–H and O–H groups in total. The number of alkyl halides is 1. The lowest BCUT2D eigenvalue weighted by atomic mass is 9.88. The number of aromatic nitrogens is 5. The molecule has 2 atom stereocenters. The Morgan fingerprint density at radius 1 is 1.16 bits per heavy atom. The molecule has 0 aliphatic carbocycles. The van der Waals surface area contributed by atoms with Crippen molar-refractivity contribution in [2.45, 2.75) is 64.7 Å². The van der Waals surface area contributed by atoms with E-state index in [-0.39, 0.29) is 18.9 Å². The number of thiazole rings is 1. The smallest absolute Gasteiger partial charge is 0.257 e. The molecule has 8 nitrogen and oxygen atoms in total. The number of halogens is 1. The number of carbonyl (C=O) groups is 1. The van der Waals surface area contributed by atoms with Crippen LogP contribution in [0.15, 0.2) is 54.4 Å². The van der Waals surface area contributed by atoms with Crippen LogP contribution in [0.3, 0.4) is 0 Å². The highest BCUT2D eigenvalue weighted by Crippen LogP contribution is 2.36. The molecule has 5 aromatic rings. The van der Waals surface area contributed by atoms with Gasteiger partial charge in [-0.05, 0) is 80.1 Å². The van der Waals surface area contributed by atoms with Crippen molar-refractivity contribution in [3.63, 3.8) is 0 Å². The van der Waals surface area contributed by atoms with Gasteiger partial charge in [0.1, 0.15) is 6.17 Å². The summed E-state index contributed by atoms with van der Waals surface area (Å²) in [7, 11) is 0. The third-order valence-electron chi connectivity index (χ3n) is 9.23. The van der Waals surface area contributed by atoms with E-state index in [0.717, 1.165) is 45.4 Å². The zero-order valence-corrected chi connectivity index (χ0v) is 25.6. The second kappa shape index (κ2) is 11.3. The number of amides is 1. The molecule has 1 amide bonds. The summed E-state index contributed by atoms with van der Waals surface area (Å²) in [5, 5.41) is 11.2. The molecule has 3 aromatic heterocycles. The Hall–Kier alpha value is -3.89. The van der Waals surface area contributed by atoms with Crippen molar-refractivity contribution in [3.8, 4) is 11.1 Å². The van der Waals surface area contributed by atoms with Crippen LogP contribution >= 0.6 is 11.3 Å². The van der Waals surface area contributed by atoms with Gasteiger partial charge in [0.05, 0.1) is 24.1 Å². The molecule has 2 aliphatic heterocycles. The highest BCUT2D eigenvalue weighted by atomic mass is 32.1. The van der Waals surface area contributed by atoms with E-state index >= 15 is 0 Å². The Labute approximate surface area is 254 Å². The zero-order valence-electron chi connectivity index (χ0n) is 24.8. The molecule has 0 bridgehead atoms. The minimum Gasteiger partial charge on any atom is -0.331 e. The van der Waals surface area contributed by atoms with Gasteiger partial charge >= 0.3 is 0 Å². The SMILES string of the molecule is CCN1CCC(c2ccc(-c3cc(C)c4cn(C(C(=O)Nc5nccs5)c5ncn6c5CC(F)C6)nc4c3C)cc2)CC1. The van der Waals surface area contributed by atoms with Gasteiger partial charge in [0.2, 0.25) is 0 Å². The molecule has 7 rings (SSSR count). The Morgan fingerprint density at radius 3 is 2.67 bits per heavy atom. The monoisotopic (exact) mass is 597 g/mol. The quantitative estimate of drug-likeness (QED) is 0.238. The number of likely N-dealkylation sites (tertiary alicyclic amines) is 1. The van der Waals surface area contributed by atoms with Crippen LogP contribution in [-0.4, -0.2) is 60.9 Å². The number of nitrogens with one attached hydrogen (secondary N) is 1. The van der Waals surface area contributed by atoms with E-state index in [9.17, 15) is 9.18 Å². The summed E-state index contributed by atoms with van der Waals surface area (Å²) >= 11 is 1.35. The lowest BCUT2D eigenvalue weighted by Crippen LogP contribution is -2.32. The van der Waals surface area contributed by atoms with Crippen LogP contribution in [-0.2, 0) is 17.8 Å². The van der Waals surface area contributed by atoms with Crippen LogP contribution in [0.2, 0.25) is 0 Å². The lowest BCUT2D eigenvalue weighted by Gasteiger charge is -2.31. The summed E-state index contributed by atoms with van der Waals surface area (Å²) in [5.74, 6) is 0.310. The minimum atomic E-state index is -0.987. The van der Waals surface area contributed by atoms with Crippen molar-refractivity contribution < 1.29 is 9.18 Å². The van der Waals surface area contributed by atoms with Gasteiger partial charge in [-0.3, -0.25) is 14.8 Å². The van der Waals surface area contributed by atoms with E-state index in [1.54, 1.807) is 21.8 Å². The second-order valence-electron chi connectivity index (χ2n) is 11.8. The molecule has 2 aromatic carbocycles. The van der Waals surface area contributed by atoms with Gasteiger partial charge in [0.15, 0.2) is 11.2 Å². The molecule has 43 heavy (non-hydrogen) atoms. The average Bonchev–Trinajstić information content (AvgIpc) is 3.82. The maximum Gasteiger partial charge on any atom is 0.257 e. The molecule has 1 saturated heterocycles. The molecule has 2 unspecified atom stereocenters. The number of carbonyl (C=O) groups excluding carboxylic acids is 1. The third-order valence-corrected chi connectivity index (χ3v) is 9.92. The fraction of sp³-hybridized carbons (Fsp3) is 0.394. The number of imidazole rings is 1. The van der Waals surface area contributed by atoms with Gasteiger partial charge in [0, 0.05) is 35.3 Å². The highest BCUT2D eigenvalue weighted by Gasteiger charge is 2.34. The fourth-order valence-corrected chi connectivity index (χ4v) is 7.32. The van der Waals surface area contributed by atoms with Crippen LogP contribution in [0, 0.1) is 13.8 Å². The number of fused-ring (bicyclic) bond motifs is 2. The standard InChI is InChI=1S/C33H36FN7OS/c1-4-39-12-9-23(10-13-39)22-5-7-24(8-6-22)26-15-20(2)27-18-41(38-29(27)21(26)3)31(32(42)37-33-35-11-14-43-33)30-28-16-25(34)17-40(28)19-36-30/h5-8,11,14-15,18-19,23,25,31H,4,9-10,12-13,16-17H2,1-3H3,(H,35,37,42). The maximum atomic E-state index is 14.4. The Kier molecular flexibility index (Phi) is 7.34. The number of piperidine rings is 1. The van der Waals surface area contributed by atoms with E-state index in [4.69, 9.17) is 5.10 Å². The highest BCUT2D eigenvalue weighted by molar-refractivity contribution is 7.13. The molecule has 2 aliphatic rings. The molecule has 0 saturated carbocycles. The molecule has 0 radical (unpaired) electrons. The Morgan fingerprint density at radius 2 is 1.95 bits per heavy atom. The summed E-state index contributed by atoms with van der Waals surface area (Å²) in [6.07, 6.45) is 6.85. The second-order valence-corrected chi connectivity index (χ2v) is 12.7. The summed E-state index contributed by atoms with van der Waals surface area (Å²) in [6.45, 7) is 10.1. The van der Waals surface area contributed by atoms with E-state index in [1.807, 2.05) is 11.6 Å². The fourth-order valence-electron chi connectivity index (χ4n) is 6.78. The van der Waals surface area contributed by atoms with Gasteiger partial charge < -0.3 is 9.47 Å². The van der Waals surface area contributed by atoms with Crippen molar-refractivity contribution in [1.82, 2.24) is 29.2 Å². The summed E-state index contributed by atoms with van der Waals surface area (Å²) in [4.78, 5) is 25.1. The number of anilines is 1. The molecular formula is C33H36FN7OS. The normalized spacial score (nSPS) is 18.3. The Balaban J connectivity index is 1.24. The van der Waals surface area contributed by atoms with E-state index in [2.05, 4.69) is 71.3 Å². The van der Waals surface area contributed by atoms with Crippen molar-refractivity contribution in [2.24, 2.45) is 0 Å². The number of aryl methyl sites for hydroxylation is 2. The summed E-state index contributed by atoms with van der Waals surface area (Å²) < 4.78 is 17.9. The van der Waals surface area contributed by atoms with Crippen LogP contribution in [0.4, 0.5) is 9.52 Å². The predicted molar refractivity (Wildman–Crippen MR) is 168 cm³/mol. The molecule has 10 heteroatoms. The molecule has 5 heterocycles. The van der Waals surface area contributed by atoms with Crippen molar-refractivity contribution in [1.29, 1.82) is 0 Å². The van der Waals surface area contributed by atoms with Gasteiger partial charge in [-0.15, -0.1) is 11.3 Å². The van der Waals surface area contributed by atoms with Crippen molar-refractivity contribution in [2.75, 3.05) is 25.0 Å². The van der Waals surface area contributed by atoms with Crippen LogP contribution in [0.25, 0.3) is 22.0 Å². The number of benzene rings is 2. The number of hydrogen-bond donors (Lipinski definition) is 1. The number of rotatable bonds is 7. The van der Waals surface area contributed by atoms with Crippen LogP contribution < -0.4 is 5.32 Å². The van der Waals surface area contributed by atoms with Crippen LogP contribution in [0.1, 0.15) is 59.8 Å². The van der Waals surface area contributed by atoms with Crippen molar-refractivity contribution >= 4 is 33.3 Å². The van der Waals surface area contributed by atoms with Crippen LogP contribution in [0.5, 0.6) is 0 Å². The van der Waals surface area contributed by atoms with Gasteiger partial charge in [0.25, 0.3) is 5.91 Å².